The van der Waals surface area contributed by atoms with Gasteiger partial charge in [-0.25, -0.2) is 0 Å². The van der Waals surface area contributed by atoms with Crippen molar-refractivity contribution in [2.24, 2.45) is 5.41 Å². The van der Waals surface area contributed by atoms with Crippen molar-refractivity contribution in [3.05, 3.63) is 17.0 Å². The third kappa shape index (κ3) is 2.11. The minimum atomic E-state index is -0.572. The molecule has 0 N–H and O–H groups in total. The molecule has 1 atom stereocenters. The Labute approximate surface area is 126 Å². The first-order valence-electron chi connectivity index (χ1n) is 8.01. The Morgan fingerprint density at radius 2 is 2.05 bits per heavy atom. The smallest absolute Gasteiger partial charge is 0.233 e. The van der Waals surface area contributed by atoms with Crippen molar-refractivity contribution in [1.29, 1.82) is 0 Å². The molecule has 2 aliphatic rings. The lowest BCUT2D eigenvalue weighted by molar-refractivity contribution is -0.137. The fourth-order valence-electron chi connectivity index (χ4n) is 4.47. The minimum absolute atomic E-state index is 0.216. The van der Waals surface area contributed by atoms with Crippen LogP contribution in [0.15, 0.2) is 4.52 Å². The van der Waals surface area contributed by atoms with Crippen LogP contribution in [0.2, 0.25) is 0 Å². The predicted octanol–water partition coefficient (Wildman–Crippen LogP) is 3.36. The van der Waals surface area contributed by atoms with Crippen molar-refractivity contribution in [2.75, 3.05) is 6.54 Å². The molecule has 0 bridgehead atoms. The van der Waals surface area contributed by atoms with E-state index in [0.717, 1.165) is 30.0 Å². The maximum absolute atomic E-state index is 13.2. The second kappa shape index (κ2) is 4.59. The average Bonchev–Trinajstić information content (AvgIpc) is 2.89. The number of aromatic nitrogens is 1. The Balaban J connectivity index is 1.87. The molecule has 2 fully saturated rings. The quantitative estimate of drug-likeness (QED) is 0.839. The first-order chi connectivity index (χ1) is 9.77. The molecule has 1 amide bonds. The van der Waals surface area contributed by atoms with Gasteiger partial charge in [-0.15, -0.1) is 0 Å². The zero-order chi connectivity index (χ0) is 15.4. The van der Waals surface area contributed by atoms with Crippen LogP contribution in [0.5, 0.6) is 0 Å². The molecule has 1 aliphatic carbocycles. The second-order valence-electron chi connectivity index (χ2n) is 7.66. The van der Waals surface area contributed by atoms with Gasteiger partial charge in [0.25, 0.3) is 0 Å². The third-order valence-electron chi connectivity index (χ3n) is 5.63. The molecule has 1 aromatic heterocycles. The van der Waals surface area contributed by atoms with Crippen molar-refractivity contribution < 1.29 is 9.32 Å². The molecule has 116 valence electrons. The summed E-state index contributed by atoms with van der Waals surface area (Å²) < 4.78 is 5.27. The summed E-state index contributed by atoms with van der Waals surface area (Å²) in [4.78, 5) is 15.3. The standard InChI is InChI=1S/C17H26N2O2/c1-11-9-17(7-6-8-17)10-19(11)15(20)16(4,5)14-12(2)18-21-13(14)3/h11H,6-10H2,1-5H3/t11-/m0/s1. The topological polar surface area (TPSA) is 46.3 Å². The molecule has 1 aliphatic heterocycles. The lowest BCUT2D eigenvalue weighted by atomic mass is 9.68. The van der Waals surface area contributed by atoms with Crippen molar-refractivity contribution in [1.82, 2.24) is 10.1 Å². The number of carbonyl (C=O) groups is 1. The summed E-state index contributed by atoms with van der Waals surface area (Å²) in [6.45, 7) is 10.9. The van der Waals surface area contributed by atoms with Crippen LogP contribution in [0, 0.1) is 19.3 Å². The van der Waals surface area contributed by atoms with Crippen LogP contribution in [-0.4, -0.2) is 28.6 Å². The summed E-state index contributed by atoms with van der Waals surface area (Å²) in [6.07, 6.45) is 5.05. The fourth-order valence-corrected chi connectivity index (χ4v) is 4.47. The number of hydrogen-bond acceptors (Lipinski definition) is 3. The summed E-state index contributed by atoms with van der Waals surface area (Å²) in [5, 5.41) is 4.02. The summed E-state index contributed by atoms with van der Waals surface area (Å²) in [5.41, 5.74) is 1.63. The molecule has 3 rings (SSSR count). The highest BCUT2D eigenvalue weighted by Crippen LogP contribution is 2.51. The largest absolute Gasteiger partial charge is 0.361 e. The molecule has 0 unspecified atom stereocenters. The molecular formula is C17H26N2O2. The average molecular weight is 290 g/mol. The normalized spacial score (nSPS) is 24.4. The van der Waals surface area contributed by atoms with Crippen molar-refractivity contribution in [3.8, 4) is 0 Å². The van der Waals surface area contributed by atoms with E-state index in [0.29, 0.717) is 11.5 Å². The van der Waals surface area contributed by atoms with Crippen LogP contribution in [0.4, 0.5) is 0 Å². The van der Waals surface area contributed by atoms with Gasteiger partial charge in [0.2, 0.25) is 5.91 Å². The third-order valence-corrected chi connectivity index (χ3v) is 5.63. The van der Waals surface area contributed by atoms with Gasteiger partial charge in [0.05, 0.1) is 11.1 Å². The van der Waals surface area contributed by atoms with Gasteiger partial charge in [-0.05, 0) is 59.3 Å². The second-order valence-corrected chi connectivity index (χ2v) is 7.66. The molecule has 1 saturated heterocycles. The van der Waals surface area contributed by atoms with E-state index >= 15 is 0 Å². The molecule has 2 heterocycles. The summed E-state index contributed by atoms with van der Waals surface area (Å²) >= 11 is 0. The van der Waals surface area contributed by atoms with E-state index in [9.17, 15) is 4.79 Å². The van der Waals surface area contributed by atoms with Crippen LogP contribution in [0.25, 0.3) is 0 Å². The fraction of sp³-hybridized carbons (Fsp3) is 0.765. The van der Waals surface area contributed by atoms with Gasteiger partial charge >= 0.3 is 0 Å². The predicted molar refractivity (Wildman–Crippen MR) is 81.1 cm³/mol. The number of aryl methyl sites for hydroxylation is 2. The molecule has 0 radical (unpaired) electrons. The van der Waals surface area contributed by atoms with E-state index in [1.54, 1.807) is 0 Å². The molecule has 4 heteroatoms. The van der Waals surface area contributed by atoms with Crippen LogP contribution in [0.1, 0.15) is 63.5 Å². The lowest BCUT2D eigenvalue weighted by Gasteiger charge is -2.38. The van der Waals surface area contributed by atoms with Gasteiger partial charge in [0.1, 0.15) is 5.76 Å². The molecule has 1 aromatic rings. The first kappa shape index (κ1) is 14.6. The zero-order valence-electron chi connectivity index (χ0n) is 13.8. The van der Waals surface area contributed by atoms with Gasteiger partial charge in [-0.2, -0.15) is 0 Å². The monoisotopic (exact) mass is 290 g/mol. The van der Waals surface area contributed by atoms with Crippen LogP contribution in [-0.2, 0) is 10.2 Å². The number of carbonyl (C=O) groups excluding carboxylic acids is 1. The van der Waals surface area contributed by atoms with Crippen LogP contribution < -0.4 is 0 Å². The lowest BCUT2D eigenvalue weighted by Crippen LogP contribution is -2.46. The van der Waals surface area contributed by atoms with E-state index in [-0.39, 0.29) is 5.91 Å². The molecule has 21 heavy (non-hydrogen) atoms. The molecule has 0 aromatic carbocycles. The Hall–Kier alpha value is -1.32. The van der Waals surface area contributed by atoms with E-state index < -0.39 is 5.41 Å². The van der Waals surface area contributed by atoms with Gasteiger partial charge in [-0.1, -0.05) is 11.6 Å². The summed E-state index contributed by atoms with van der Waals surface area (Å²) in [6, 6.07) is 0.345. The van der Waals surface area contributed by atoms with Crippen molar-refractivity contribution in [3.63, 3.8) is 0 Å². The van der Waals surface area contributed by atoms with Gasteiger partial charge in [-0.3, -0.25) is 4.79 Å². The molecule has 1 saturated carbocycles. The molecule has 4 nitrogen and oxygen atoms in total. The van der Waals surface area contributed by atoms with Gasteiger partial charge in [0.15, 0.2) is 0 Å². The number of rotatable bonds is 2. The summed E-state index contributed by atoms with van der Waals surface area (Å²) in [7, 11) is 0. The SMILES string of the molecule is Cc1noc(C)c1C(C)(C)C(=O)N1CC2(CCC2)C[C@@H]1C. The Kier molecular flexibility index (Phi) is 3.19. The highest BCUT2D eigenvalue weighted by molar-refractivity contribution is 5.88. The minimum Gasteiger partial charge on any atom is -0.361 e. The van der Waals surface area contributed by atoms with Crippen molar-refractivity contribution in [2.45, 2.75) is 71.8 Å². The molecule has 1 spiro atoms. The van der Waals surface area contributed by atoms with E-state index in [1.807, 2.05) is 27.7 Å². The van der Waals surface area contributed by atoms with E-state index in [4.69, 9.17) is 4.52 Å². The maximum atomic E-state index is 13.2. The van der Waals surface area contributed by atoms with Crippen LogP contribution >= 0.6 is 0 Å². The number of amides is 1. The highest BCUT2D eigenvalue weighted by Gasteiger charge is 2.50. The summed E-state index contributed by atoms with van der Waals surface area (Å²) in [5.74, 6) is 0.976. The van der Waals surface area contributed by atoms with Crippen molar-refractivity contribution >= 4 is 5.91 Å². The Morgan fingerprint density at radius 3 is 2.48 bits per heavy atom. The number of hydrogen-bond donors (Lipinski definition) is 0. The Morgan fingerprint density at radius 1 is 1.38 bits per heavy atom. The molecular weight excluding hydrogens is 264 g/mol. The first-order valence-corrected chi connectivity index (χ1v) is 8.01. The van der Waals surface area contributed by atoms with E-state index in [2.05, 4.69) is 17.0 Å². The number of nitrogens with zero attached hydrogens (tertiary/aromatic N) is 2. The Bertz CT molecular complexity index is 550. The highest BCUT2D eigenvalue weighted by atomic mass is 16.5. The zero-order valence-corrected chi connectivity index (χ0v) is 13.8. The van der Waals surface area contributed by atoms with E-state index in [1.165, 1.54) is 19.3 Å². The van der Waals surface area contributed by atoms with Gasteiger partial charge < -0.3 is 9.42 Å². The number of likely N-dealkylation sites (tertiary alicyclic amines) is 1. The maximum Gasteiger partial charge on any atom is 0.233 e. The van der Waals surface area contributed by atoms with Crippen LogP contribution in [0.3, 0.4) is 0 Å². The van der Waals surface area contributed by atoms with Gasteiger partial charge in [0, 0.05) is 18.2 Å².